The van der Waals surface area contributed by atoms with Crippen LogP contribution in [0.5, 0.6) is 0 Å². The van der Waals surface area contributed by atoms with Crippen molar-refractivity contribution in [2.45, 2.75) is 25.4 Å². The minimum atomic E-state index is -0.555. The third-order valence-corrected chi connectivity index (χ3v) is 4.24. The number of nitrogens with one attached hydrogen (secondary N) is 2. The maximum absolute atomic E-state index is 14.5. The van der Waals surface area contributed by atoms with E-state index in [1.807, 2.05) is 6.07 Å². The summed E-state index contributed by atoms with van der Waals surface area (Å²) in [5, 5.41) is 3.36. The van der Waals surface area contributed by atoms with Crippen molar-refractivity contribution < 1.29 is 9.18 Å². The van der Waals surface area contributed by atoms with Crippen LogP contribution in [0.4, 0.5) is 4.39 Å². The average Bonchev–Trinajstić information content (AvgIpc) is 3.29. The molecule has 0 bridgehead atoms. The summed E-state index contributed by atoms with van der Waals surface area (Å²) in [5.41, 5.74) is 8.07. The number of H-pyrrole nitrogens is 1. The van der Waals surface area contributed by atoms with E-state index in [1.54, 1.807) is 24.3 Å². The Morgan fingerprint density at radius 3 is 2.88 bits per heavy atom. The van der Waals surface area contributed by atoms with Crippen LogP contribution < -0.4 is 11.1 Å². The standard InChI is InChI=1S/C18H17FN4O/c19-14-8-10(9-21-11-5-6-11)4-7-12(14)18-22-15-3-1-2-13(17(20)24)16(15)23-18/h1-4,7-8,11,21H,5-6,9H2,(H2,20,24)(H,22,23). The van der Waals surface area contributed by atoms with Gasteiger partial charge < -0.3 is 16.0 Å². The Bertz CT molecular complexity index is 930. The van der Waals surface area contributed by atoms with E-state index in [2.05, 4.69) is 15.3 Å². The van der Waals surface area contributed by atoms with Crippen LogP contribution in [-0.2, 0) is 6.54 Å². The molecule has 0 spiro atoms. The molecule has 1 aliphatic rings. The number of nitrogens with zero attached hydrogens (tertiary/aromatic N) is 1. The number of fused-ring (bicyclic) bond motifs is 1. The van der Waals surface area contributed by atoms with Gasteiger partial charge in [-0.25, -0.2) is 9.37 Å². The van der Waals surface area contributed by atoms with Crippen LogP contribution >= 0.6 is 0 Å². The van der Waals surface area contributed by atoms with Crippen molar-refractivity contribution in [3.05, 3.63) is 53.3 Å². The van der Waals surface area contributed by atoms with Gasteiger partial charge in [-0.2, -0.15) is 0 Å². The van der Waals surface area contributed by atoms with Crippen LogP contribution in [0.2, 0.25) is 0 Å². The maximum atomic E-state index is 14.5. The Hall–Kier alpha value is -2.73. The molecule has 0 radical (unpaired) electrons. The van der Waals surface area contributed by atoms with Crippen molar-refractivity contribution in [3.8, 4) is 11.4 Å². The highest BCUT2D eigenvalue weighted by Crippen LogP contribution is 2.26. The van der Waals surface area contributed by atoms with E-state index < -0.39 is 5.91 Å². The van der Waals surface area contributed by atoms with Crippen LogP contribution in [0.15, 0.2) is 36.4 Å². The molecule has 3 aromatic rings. The van der Waals surface area contributed by atoms with Gasteiger partial charge >= 0.3 is 0 Å². The van der Waals surface area contributed by atoms with Crippen molar-refractivity contribution in [1.82, 2.24) is 15.3 Å². The number of hydrogen-bond acceptors (Lipinski definition) is 3. The first-order valence-electron chi connectivity index (χ1n) is 7.92. The smallest absolute Gasteiger partial charge is 0.250 e. The molecule has 1 aromatic heterocycles. The minimum Gasteiger partial charge on any atom is -0.366 e. The van der Waals surface area contributed by atoms with E-state index in [0.717, 1.165) is 5.56 Å². The number of rotatable bonds is 5. The van der Waals surface area contributed by atoms with Crippen LogP contribution in [0.3, 0.4) is 0 Å². The van der Waals surface area contributed by atoms with Gasteiger partial charge in [0.1, 0.15) is 17.2 Å². The zero-order valence-corrected chi connectivity index (χ0v) is 13.0. The maximum Gasteiger partial charge on any atom is 0.250 e. The molecule has 24 heavy (non-hydrogen) atoms. The van der Waals surface area contributed by atoms with Crippen LogP contribution in [-0.4, -0.2) is 21.9 Å². The van der Waals surface area contributed by atoms with Gasteiger partial charge in [0.15, 0.2) is 0 Å². The highest BCUT2D eigenvalue weighted by molar-refractivity contribution is 6.04. The second-order valence-corrected chi connectivity index (χ2v) is 6.12. The first kappa shape index (κ1) is 14.8. The molecule has 122 valence electrons. The van der Waals surface area contributed by atoms with Gasteiger partial charge in [0.25, 0.3) is 5.91 Å². The van der Waals surface area contributed by atoms with Gasteiger partial charge in [0.05, 0.1) is 16.6 Å². The number of amides is 1. The molecule has 1 heterocycles. The lowest BCUT2D eigenvalue weighted by molar-refractivity contribution is 0.100. The molecule has 0 saturated heterocycles. The number of aromatic amines is 1. The molecule has 4 N–H and O–H groups in total. The Balaban J connectivity index is 1.68. The molecule has 0 atom stereocenters. The highest BCUT2D eigenvalue weighted by atomic mass is 19.1. The molecular weight excluding hydrogens is 307 g/mol. The van der Waals surface area contributed by atoms with Crippen molar-refractivity contribution in [1.29, 1.82) is 0 Å². The van der Waals surface area contributed by atoms with Gasteiger partial charge in [-0.3, -0.25) is 4.79 Å². The fourth-order valence-electron chi connectivity index (χ4n) is 2.77. The number of carbonyl (C=O) groups is 1. The number of hydrogen-bond donors (Lipinski definition) is 3. The summed E-state index contributed by atoms with van der Waals surface area (Å²) in [5.74, 6) is -0.511. The van der Waals surface area contributed by atoms with E-state index >= 15 is 0 Å². The number of halogens is 1. The molecule has 1 amide bonds. The summed E-state index contributed by atoms with van der Waals surface area (Å²) in [4.78, 5) is 18.9. The van der Waals surface area contributed by atoms with E-state index in [9.17, 15) is 9.18 Å². The Labute approximate surface area is 138 Å². The van der Waals surface area contributed by atoms with E-state index in [4.69, 9.17) is 5.73 Å². The summed E-state index contributed by atoms with van der Waals surface area (Å²) in [6, 6.07) is 10.8. The predicted octanol–water partition coefficient (Wildman–Crippen LogP) is 2.72. The first-order valence-corrected chi connectivity index (χ1v) is 7.92. The zero-order valence-electron chi connectivity index (χ0n) is 13.0. The summed E-state index contributed by atoms with van der Waals surface area (Å²) >= 11 is 0. The third-order valence-electron chi connectivity index (χ3n) is 4.24. The Morgan fingerprint density at radius 2 is 2.17 bits per heavy atom. The number of carbonyl (C=O) groups excluding carboxylic acids is 1. The molecule has 0 aliphatic heterocycles. The molecule has 0 unspecified atom stereocenters. The molecule has 5 nitrogen and oxygen atoms in total. The van der Waals surface area contributed by atoms with Crippen LogP contribution in [0, 0.1) is 5.82 Å². The summed E-state index contributed by atoms with van der Waals surface area (Å²) in [6.07, 6.45) is 2.39. The van der Waals surface area contributed by atoms with Crippen LogP contribution in [0.1, 0.15) is 28.8 Å². The van der Waals surface area contributed by atoms with Crippen molar-refractivity contribution in [2.24, 2.45) is 5.73 Å². The van der Waals surface area contributed by atoms with E-state index in [-0.39, 0.29) is 5.82 Å². The number of primary amides is 1. The van der Waals surface area contributed by atoms with E-state index in [0.29, 0.717) is 40.6 Å². The van der Waals surface area contributed by atoms with Crippen molar-refractivity contribution in [3.63, 3.8) is 0 Å². The Kier molecular flexibility index (Phi) is 3.54. The number of benzene rings is 2. The molecule has 1 fully saturated rings. The van der Waals surface area contributed by atoms with Gasteiger partial charge in [0, 0.05) is 12.6 Å². The SMILES string of the molecule is NC(=O)c1cccc2[nH]c(-c3ccc(CNC4CC4)cc3F)nc12. The lowest BCUT2D eigenvalue weighted by atomic mass is 10.1. The molecule has 6 heteroatoms. The topological polar surface area (TPSA) is 83.8 Å². The molecular formula is C18H17FN4O. The second-order valence-electron chi connectivity index (χ2n) is 6.12. The number of aromatic nitrogens is 2. The van der Waals surface area contributed by atoms with Gasteiger partial charge in [0.2, 0.25) is 0 Å². The molecule has 1 aliphatic carbocycles. The third kappa shape index (κ3) is 2.76. The van der Waals surface area contributed by atoms with Crippen LogP contribution in [0.25, 0.3) is 22.4 Å². The average molecular weight is 324 g/mol. The molecule has 4 rings (SSSR count). The predicted molar refractivity (Wildman–Crippen MR) is 89.9 cm³/mol. The molecule has 1 saturated carbocycles. The van der Waals surface area contributed by atoms with Crippen molar-refractivity contribution in [2.75, 3.05) is 0 Å². The number of nitrogens with two attached hydrogens (primary N) is 1. The zero-order chi connectivity index (χ0) is 16.7. The Morgan fingerprint density at radius 1 is 1.33 bits per heavy atom. The summed E-state index contributed by atoms with van der Waals surface area (Å²) in [7, 11) is 0. The monoisotopic (exact) mass is 324 g/mol. The number of imidazole rings is 1. The summed E-state index contributed by atoms with van der Waals surface area (Å²) < 4.78 is 14.5. The normalized spacial score (nSPS) is 14.2. The minimum absolute atomic E-state index is 0.320. The summed E-state index contributed by atoms with van der Waals surface area (Å²) in [6.45, 7) is 0.661. The lowest BCUT2D eigenvalue weighted by Gasteiger charge is -2.05. The fourth-order valence-corrected chi connectivity index (χ4v) is 2.77. The largest absolute Gasteiger partial charge is 0.366 e. The lowest BCUT2D eigenvalue weighted by Crippen LogP contribution is -2.15. The van der Waals surface area contributed by atoms with E-state index in [1.165, 1.54) is 18.9 Å². The highest BCUT2D eigenvalue weighted by Gasteiger charge is 2.20. The number of para-hydroxylation sites is 1. The first-order chi connectivity index (χ1) is 11.6. The van der Waals surface area contributed by atoms with Crippen molar-refractivity contribution >= 4 is 16.9 Å². The fraction of sp³-hybridized carbons (Fsp3) is 0.222. The van der Waals surface area contributed by atoms with Gasteiger partial charge in [-0.1, -0.05) is 12.1 Å². The molecule has 2 aromatic carbocycles. The second kappa shape index (κ2) is 5.72. The van der Waals surface area contributed by atoms with Gasteiger partial charge in [-0.05, 0) is 42.7 Å². The quantitative estimate of drug-likeness (QED) is 0.675. The van der Waals surface area contributed by atoms with Gasteiger partial charge in [-0.15, -0.1) is 0 Å².